The molecule has 1 aromatic carbocycles. The van der Waals surface area contributed by atoms with Gasteiger partial charge in [0.2, 0.25) is 5.91 Å². The second kappa shape index (κ2) is 6.47. The van der Waals surface area contributed by atoms with Crippen LogP contribution >= 0.6 is 0 Å². The fraction of sp³-hybridized carbons (Fsp3) is 0.133. The number of carboxylic acids is 1. The molecule has 102 valence electrons. The average Bonchev–Trinajstić information content (AvgIpc) is 2.46. The second-order valence-corrected chi connectivity index (χ2v) is 4.28. The number of carbonyl (C=O) groups excluding carboxylic acids is 1. The van der Waals surface area contributed by atoms with E-state index in [0.717, 1.165) is 5.56 Å². The Kier molecular flexibility index (Phi) is 4.44. The quantitative estimate of drug-likeness (QED) is 0.865. The van der Waals surface area contributed by atoms with Crippen LogP contribution in [0, 0.1) is 0 Å². The molecule has 0 saturated heterocycles. The third-order valence-electron chi connectivity index (χ3n) is 2.73. The first kappa shape index (κ1) is 13.7. The van der Waals surface area contributed by atoms with Crippen LogP contribution in [-0.2, 0) is 17.8 Å². The SMILES string of the molecule is O=C(Cc1ccccn1)NCc1cccc(C(=O)O)c1. The number of aromatic carboxylic acids is 1. The number of nitrogens with one attached hydrogen (secondary N) is 1. The molecule has 2 aromatic rings. The lowest BCUT2D eigenvalue weighted by Gasteiger charge is -2.06. The minimum Gasteiger partial charge on any atom is -0.478 e. The van der Waals surface area contributed by atoms with E-state index in [2.05, 4.69) is 10.3 Å². The van der Waals surface area contributed by atoms with Crippen molar-refractivity contribution in [1.29, 1.82) is 0 Å². The molecule has 1 amide bonds. The van der Waals surface area contributed by atoms with Crippen molar-refractivity contribution in [2.24, 2.45) is 0 Å². The van der Waals surface area contributed by atoms with Gasteiger partial charge in [-0.25, -0.2) is 4.79 Å². The molecule has 0 aliphatic rings. The molecule has 2 N–H and O–H groups in total. The standard InChI is InChI=1S/C15H14N2O3/c18-14(9-13-6-1-2-7-16-13)17-10-11-4-3-5-12(8-11)15(19)20/h1-8H,9-10H2,(H,17,18)(H,19,20). The first-order valence-electron chi connectivity index (χ1n) is 6.14. The summed E-state index contributed by atoms with van der Waals surface area (Å²) in [6.07, 6.45) is 1.85. The Hall–Kier alpha value is -2.69. The number of carbonyl (C=O) groups is 2. The second-order valence-electron chi connectivity index (χ2n) is 4.28. The van der Waals surface area contributed by atoms with Crippen LogP contribution in [0.3, 0.4) is 0 Å². The Labute approximate surface area is 116 Å². The molecule has 5 nitrogen and oxygen atoms in total. The van der Waals surface area contributed by atoms with Crippen molar-refractivity contribution in [1.82, 2.24) is 10.3 Å². The highest BCUT2D eigenvalue weighted by Gasteiger charge is 2.06. The number of rotatable bonds is 5. The largest absolute Gasteiger partial charge is 0.478 e. The Bertz CT molecular complexity index is 612. The molecule has 0 atom stereocenters. The molecule has 0 unspecified atom stereocenters. The van der Waals surface area contributed by atoms with Gasteiger partial charge in [0.15, 0.2) is 0 Å². The van der Waals surface area contributed by atoms with E-state index in [1.165, 1.54) is 6.07 Å². The molecule has 1 heterocycles. The Morgan fingerprint density at radius 3 is 2.70 bits per heavy atom. The molecule has 1 aromatic heterocycles. The maximum absolute atomic E-state index is 11.7. The summed E-state index contributed by atoms with van der Waals surface area (Å²) in [6, 6.07) is 11.9. The molecule has 0 bridgehead atoms. The van der Waals surface area contributed by atoms with Crippen LogP contribution in [0.25, 0.3) is 0 Å². The van der Waals surface area contributed by atoms with Gasteiger partial charge in [0.05, 0.1) is 12.0 Å². The lowest BCUT2D eigenvalue weighted by molar-refractivity contribution is -0.120. The summed E-state index contributed by atoms with van der Waals surface area (Å²) in [5.74, 6) is -1.13. The molecule has 0 saturated carbocycles. The number of aromatic nitrogens is 1. The topological polar surface area (TPSA) is 79.3 Å². The molecule has 5 heteroatoms. The van der Waals surface area contributed by atoms with E-state index in [-0.39, 0.29) is 17.9 Å². The summed E-state index contributed by atoms with van der Waals surface area (Å²) in [5, 5.41) is 11.6. The van der Waals surface area contributed by atoms with E-state index in [1.807, 2.05) is 6.07 Å². The van der Waals surface area contributed by atoms with Crippen molar-refractivity contribution in [3.63, 3.8) is 0 Å². The van der Waals surface area contributed by atoms with Gasteiger partial charge in [0, 0.05) is 18.4 Å². The molecular weight excluding hydrogens is 256 g/mol. The number of amides is 1. The van der Waals surface area contributed by atoms with Gasteiger partial charge in [-0.1, -0.05) is 18.2 Å². The Morgan fingerprint density at radius 1 is 1.15 bits per heavy atom. The zero-order valence-electron chi connectivity index (χ0n) is 10.7. The molecule has 20 heavy (non-hydrogen) atoms. The molecule has 0 radical (unpaired) electrons. The average molecular weight is 270 g/mol. The number of nitrogens with zero attached hydrogens (tertiary/aromatic N) is 1. The molecule has 0 aliphatic carbocycles. The molecule has 2 rings (SSSR count). The number of benzene rings is 1. The fourth-order valence-electron chi connectivity index (χ4n) is 1.74. The van der Waals surface area contributed by atoms with Crippen LogP contribution in [0.15, 0.2) is 48.7 Å². The summed E-state index contributed by atoms with van der Waals surface area (Å²) >= 11 is 0. The summed E-state index contributed by atoms with van der Waals surface area (Å²) in [5.41, 5.74) is 1.66. The van der Waals surface area contributed by atoms with Crippen molar-refractivity contribution >= 4 is 11.9 Å². The summed E-state index contributed by atoms with van der Waals surface area (Å²) in [6.45, 7) is 0.298. The molecule has 0 aliphatic heterocycles. The monoisotopic (exact) mass is 270 g/mol. The van der Waals surface area contributed by atoms with Crippen LogP contribution in [0.5, 0.6) is 0 Å². The first-order chi connectivity index (χ1) is 9.65. The number of pyridine rings is 1. The van der Waals surface area contributed by atoms with Crippen molar-refractivity contribution < 1.29 is 14.7 Å². The highest BCUT2D eigenvalue weighted by molar-refractivity contribution is 5.87. The van der Waals surface area contributed by atoms with Gasteiger partial charge >= 0.3 is 5.97 Å². The maximum atomic E-state index is 11.7. The lowest BCUT2D eigenvalue weighted by Crippen LogP contribution is -2.25. The number of carboxylic acid groups (broad SMARTS) is 1. The number of hydrogen-bond acceptors (Lipinski definition) is 3. The van der Waals surface area contributed by atoms with E-state index in [1.54, 1.807) is 36.5 Å². The van der Waals surface area contributed by atoms with E-state index < -0.39 is 5.97 Å². The molecular formula is C15H14N2O3. The van der Waals surface area contributed by atoms with Crippen molar-refractivity contribution in [2.75, 3.05) is 0 Å². The van der Waals surface area contributed by atoms with Crippen LogP contribution in [0.4, 0.5) is 0 Å². The van der Waals surface area contributed by atoms with Gasteiger partial charge in [-0.15, -0.1) is 0 Å². The summed E-state index contributed by atoms with van der Waals surface area (Å²) < 4.78 is 0. The summed E-state index contributed by atoms with van der Waals surface area (Å²) in [7, 11) is 0. The van der Waals surface area contributed by atoms with E-state index in [4.69, 9.17) is 5.11 Å². The van der Waals surface area contributed by atoms with Gasteiger partial charge in [-0.3, -0.25) is 9.78 Å². The minimum absolute atomic E-state index is 0.149. The van der Waals surface area contributed by atoms with E-state index >= 15 is 0 Å². The van der Waals surface area contributed by atoms with Crippen molar-refractivity contribution in [2.45, 2.75) is 13.0 Å². The zero-order chi connectivity index (χ0) is 14.4. The number of hydrogen-bond donors (Lipinski definition) is 2. The van der Waals surface area contributed by atoms with Crippen molar-refractivity contribution in [3.8, 4) is 0 Å². The van der Waals surface area contributed by atoms with Crippen LogP contribution in [0.1, 0.15) is 21.6 Å². The van der Waals surface area contributed by atoms with Gasteiger partial charge in [-0.2, -0.15) is 0 Å². The highest BCUT2D eigenvalue weighted by Crippen LogP contribution is 2.05. The van der Waals surface area contributed by atoms with E-state index in [9.17, 15) is 9.59 Å². The van der Waals surface area contributed by atoms with Crippen LogP contribution < -0.4 is 5.32 Å². The van der Waals surface area contributed by atoms with Gasteiger partial charge in [0.25, 0.3) is 0 Å². The van der Waals surface area contributed by atoms with Gasteiger partial charge in [0.1, 0.15) is 0 Å². The predicted molar refractivity (Wildman–Crippen MR) is 73.2 cm³/mol. The fourth-order valence-corrected chi connectivity index (χ4v) is 1.74. The third-order valence-corrected chi connectivity index (χ3v) is 2.73. The third kappa shape index (κ3) is 3.91. The smallest absolute Gasteiger partial charge is 0.335 e. The van der Waals surface area contributed by atoms with Crippen molar-refractivity contribution in [3.05, 3.63) is 65.5 Å². The Morgan fingerprint density at radius 2 is 2.00 bits per heavy atom. The minimum atomic E-state index is -0.980. The Balaban J connectivity index is 1.90. The van der Waals surface area contributed by atoms with Crippen LogP contribution in [0.2, 0.25) is 0 Å². The highest BCUT2D eigenvalue weighted by atomic mass is 16.4. The van der Waals surface area contributed by atoms with Gasteiger partial charge in [-0.05, 0) is 29.8 Å². The zero-order valence-corrected chi connectivity index (χ0v) is 10.7. The first-order valence-corrected chi connectivity index (χ1v) is 6.14. The normalized spacial score (nSPS) is 10.0. The van der Waals surface area contributed by atoms with Gasteiger partial charge < -0.3 is 10.4 Å². The molecule has 0 fully saturated rings. The van der Waals surface area contributed by atoms with Crippen LogP contribution in [-0.4, -0.2) is 22.0 Å². The van der Waals surface area contributed by atoms with E-state index in [0.29, 0.717) is 12.2 Å². The lowest BCUT2D eigenvalue weighted by atomic mass is 10.1. The molecule has 0 spiro atoms. The maximum Gasteiger partial charge on any atom is 0.335 e. The summed E-state index contributed by atoms with van der Waals surface area (Å²) in [4.78, 5) is 26.6. The predicted octanol–water partition coefficient (Wildman–Crippen LogP) is 1.64.